The van der Waals surface area contributed by atoms with Gasteiger partial charge in [-0.1, -0.05) is 18.6 Å². The van der Waals surface area contributed by atoms with Gasteiger partial charge in [0.05, 0.1) is 11.3 Å². The Morgan fingerprint density at radius 3 is 2.79 bits per heavy atom. The number of halogens is 1. The average Bonchev–Trinajstić information content (AvgIpc) is 2.00. The van der Waals surface area contributed by atoms with E-state index < -0.39 is 10.7 Å². The zero-order valence-electron chi connectivity index (χ0n) is 7.78. The van der Waals surface area contributed by atoms with E-state index in [1.807, 2.05) is 6.08 Å². The molecule has 4 heteroatoms. The second kappa shape index (κ2) is 3.19. The van der Waals surface area contributed by atoms with E-state index in [9.17, 15) is 14.5 Å². The van der Waals surface area contributed by atoms with Gasteiger partial charge in [-0.2, -0.15) is 4.39 Å². The lowest BCUT2D eigenvalue weighted by atomic mass is 9.77. The van der Waals surface area contributed by atoms with Crippen LogP contribution in [0.2, 0.25) is 0 Å². The SMILES string of the molecule is O=[N+]([O-])C1(F)C=C(C2CCC2)C=CC1. The Morgan fingerprint density at radius 1 is 1.57 bits per heavy atom. The van der Waals surface area contributed by atoms with E-state index in [-0.39, 0.29) is 6.42 Å². The van der Waals surface area contributed by atoms with Crippen LogP contribution in [0.15, 0.2) is 23.8 Å². The molecule has 0 aromatic heterocycles. The van der Waals surface area contributed by atoms with E-state index >= 15 is 0 Å². The van der Waals surface area contributed by atoms with Gasteiger partial charge in [-0.3, -0.25) is 10.1 Å². The van der Waals surface area contributed by atoms with Crippen LogP contribution in [0, 0.1) is 16.0 Å². The van der Waals surface area contributed by atoms with E-state index in [1.54, 1.807) is 6.08 Å². The van der Waals surface area contributed by atoms with Crippen LogP contribution in [0.25, 0.3) is 0 Å². The van der Waals surface area contributed by atoms with Crippen LogP contribution < -0.4 is 0 Å². The smallest absolute Gasteiger partial charge is 0.261 e. The lowest BCUT2D eigenvalue weighted by Crippen LogP contribution is -2.33. The van der Waals surface area contributed by atoms with Crippen LogP contribution in [0.4, 0.5) is 4.39 Å². The molecule has 0 aliphatic heterocycles. The molecular weight excluding hydrogens is 185 g/mol. The molecule has 0 aromatic rings. The summed E-state index contributed by atoms with van der Waals surface area (Å²) >= 11 is 0. The molecule has 0 spiro atoms. The molecular formula is C10H12FNO2. The van der Waals surface area contributed by atoms with Crippen molar-refractivity contribution in [2.45, 2.75) is 31.5 Å². The third kappa shape index (κ3) is 1.45. The molecule has 2 aliphatic rings. The van der Waals surface area contributed by atoms with Gasteiger partial charge in [0, 0.05) is 6.08 Å². The maximum absolute atomic E-state index is 13.6. The zero-order chi connectivity index (χ0) is 10.2. The summed E-state index contributed by atoms with van der Waals surface area (Å²) in [6, 6.07) is 0. The molecule has 0 aromatic carbocycles. The molecule has 0 heterocycles. The number of allylic oxidation sites excluding steroid dienone is 2. The lowest BCUT2D eigenvalue weighted by molar-refractivity contribution is -0.588. The largest absolute Gasteiger partial charge is 0.382 e. The maximum Gasteiger partial charge on any atom is 0.382 e. The Bertz CT molecular complexity index is 320. The first-order valence-corrected chi connectivity index (χ1v) is 4.84. The van der Waals surface area contributed by atoms with Crippen LogP contribution in [0.5, 0.6) is 0 Å². The summed E-state index contributed by atoms with van der Waals surface area (Å²) in [6.07, 6.45) is 7.65. The lowest BCUT2D eigenvalue weighted by Gasteiger charge is -2.29. The van der Waals surface area contributed by atoms with Gasteiger partial charge >= 0.3 is 5.79 Å². The Kier molecular flexibility index (Phi) is 2.13. The van der Waals surface area contributed by atoms with Crippen molar-refractivity contribution in [3.05, 3.63) is 33.9 Å². The minimum absolute atomic E-state index is 0.143. The van der Waals surface area contributed by atoms with Crippen LogP contribution in [0.3, 0.4) is 0 Å². The summed E-state index contributed by atoms with van der Waals surface area (Å²) in [6.45, 7) is 0. The quantitative estimate of drug-likeness (QED) is 0.388. The highest BCUT2D eigenvalue weighted by atomic mass is 19.1. The monoisotopic (exact) mass is 197 g/mol. The van der Waals surface area contributed by atoms with Crippen molar-refractivity contribution in [2.24, 2.45) is 5.92 Å². The fraction of sp³-hybridized carbons (Fsp3) is 0.600. The second-order valence-corrected chi connectivity index (χ2v) is 3.95. The van der Waals surface area contributed by atoms with E-state index in [4.69, 9.17) is 0 Å². The summed E-state index contributed by atoms with van der Waals surface area (Å²) in [5.74, 6) is -2.01. The van der Waals surface area contributed by atoms with E-state index in [1.165, 1.54) is 6.08 Å². The van der Waals surface area contributed by atoms with Gasteiger partial charge < -0.3 is 0 Å². The van der Waals surface area contributed by atoms with Crippen molar-refractivity contribution >= 4 is 0 Å². The van der Waals surface area contributed by atoms with Gasteiger partial charge in [0.1, 0.15) is 0 Å². The number of nitrogens with zero attached hydrogens (tertiary/aromatic N) is 1. The van der Waals surface area contributed by atoms with Crippen LogP contribution in [-0.4, -0.2) is 10.7 Å². The summed E-state index contributed by atoms with van der Waals surface area (Å²) in [4.78, 5) is 9.66. The molecule has 0 N–H and O–H groups in total. The van der Waals surface area contributed by atoms with Crippen LogP contribution in [0.1, 0.15) is 25.7 Å². The standard InChI is InChI=1S/C10H12FNO2/c11-10(12(13)14)6-2-5-9(7-10)8-3-1-4-8/h2,5,7-8H,1,3-4,6H2. The van der Waals surface area contributed by atoms with Crippen molar-refractivity contribution in [1.29, 1.82) is 0 Å². The van der Waals surface area contributed by atoms with Crippen LogP contribution in [-0.2, 0) is 0 Å². The first-order valence-electron chi connectivity index (χ1n) is 4.84. The molecule has 3 nitrogen and oxygen atoms in total. The minimum Gasteiger partial charge on any atom is -0.261 e. The first kappa shape index (κ1) is 9.37. The van der Waals surface area contributed by atoms with Crippen molar-refractivity contribution in [3.63, 3.8) is 0 Å². The zero-order valence-corrected chi connectivity index (χ0v) is 7.78. The van der Waals surface area contributed by atoms with Gasteiger partial charge in [-0.05, 0) is 24.3 Å². The molecule has 2 aliphatic carbocycles. The fourth-order valence-corrected chi connectivity index (χ4v) is 1.85. The molecule has 2 rings (SSSR count). The number of hydrogen-bond acceptors (Lipinski definition) is 2. The Balaban J connectivity index is 2.20. The molecule has 76 valence electrons. The maximum atomic E-state index is 13.6. The molecule has 1 fully saturated rings. The normalized spacial score (nSPS) is 32.2. The summed E-state index contributed by atoms with van der Waals surface area (Å²) in [5.41, 5.74) is 0.807. The van der Waals surface area contributed by atoms with E-state index in [2.05, 4.69) is 0 Å². The van der Waals surface area contributed by atoms with E-state index in [0.717, 1.165) is 24.8 Å². The number of rotatable bonds is 2. The summed E-state index contributed by atoms with van der Waals surface area (Å²) in [5, 5.41) is 10.5. The Morgan fingerprint density at radius 2 is 2.29 bits per heavy atom. The Labute approximate surface area is 81.5 Å². The predicted octanol–water partition coefficient (Wildman–Crippen LogP) is 2.62. The van der Waals surface area contributed by atoms with Gasteiger partial charge in [0.25, 0.3) is 0 Å². The highest BCUT2D eigenvalue weighted by molar-refractivity contribution is 5.29. The van der Waals surface area contributed by atoms with Gasteiger partial charge in [0.2, 0.25) is 0 Å². The Hall–Kier alpha value is -1.19. The number of nitro groups is 1. The van der Waals surface area contributed by atoms with Gasteiger partial charge in [0.15, 0.2) is 0 Å². The van der Waals surface area contributed by atoms with Gasteiger partial charge in [-0.25, -0.2) is 0 Å². The molecule has 0 saturated heterocycles. The number of hydrogen-bond donors (Lipinski definition) is 0. The molecule has 1 atom stereocenters. The van der Waals surface area contributed by atoms with Crippen molar-refractivity contribution < 1.29 is 9.31 Å². The van der Waals surface area contributed by atoms with Crippen molar-refractivity contribution in [3.8, 4) is 0 Å². The fourth-order valence-electron chi connectivity index (χ4n) is 1.85. The van der Waals surface area contributed by atoms with Gasteiger partial charge in [-0.15, -0.1) is 0 Å². The second-order valence-electron chi connectivity index (χ2n) is 3.95. The molecule has 0 amide bonds. The topological polar surface area (TPSA) is 43.1 Å². The van der Waals surface area contributed by atoms with Crippen molar-refractivity contribution in [2.75, 3.05) is 0 Å². The van der Waals surface area contributed by atoms with Crippen LogP contribution >= 0.6 is 0 Å². The average molecular weight is 197 g/mol. The third-order valence-corrected chi connectivity index (χ3v) is 2.98. The molecule has 0 bridgehead atoms. The minimum atomic E-state index is -2.36. The first-order chi connectivity index (χ1) is 6.62. The highest BCUT2D eigenvalue weighted by Crippen LogP contribution is 2.38. The summed E-state index contributed by atoms with van der Waals surface area (Å²) in [7, 11) is 0. The molecule has 1 saturated carbocycles. The van der Waals surface area contributed by atoms with E-state index in [0.29, 0.717) is 5.92 Å². The molecule has 0 radical (unpaired) electrons. The van der Waals surface area contributed by atoms with Crippen molar-refractivity contribution in [1.82, 2.24) is 0 Å². The number of alkyl halides is 1. The molecule has 14 heavy (non-hydrogen) atoms. The summed E-state index contributed by atoms with van der Waals surface area (Å²) < 4.78 is 13.6. The highest BCUT2D eigenvalue weighted by Gasteiger charge is 2.42. The predicted molar refractivity (Wildman–Crippen MR) is 50.0 cm³/mol. The third-order valence-electron chi connectivity index (χ3n) is 2.98. The molecule has 1 unspecified atom stereocenters.